The van der Waals surface area contributed by atoms with E-state index in [0.717, 1.165) is 0 Å². The monoisotopic (exact) mass is 184 g/mol. The zero-order valence-electron chi connectivity index (χ0n) is 7.77. The van der Waals surface area contributed by atoms with Gasteiger partial charge in [-0.15, -0.1) is 0 Å². The highest BCUT2D eigenvalue weighted by atomic mass is 16.8. The van der Waals surface area contributed by atoms with Crippen molar-refractivity contribution in [3.8, 4) is 0 Å². The molecule has 0 saturated carbocycles. The average molecular weight is 184 g/mol. The van der Waals surface area contributed by atoms with Gasteiger partial charge in [-0.3, -0.25) is 0 Å². The molecule has 2 saturated heterocycles. The summed E-state index contributed by atoms with van der Waals surface area (Å²) >= 11 is 0. The van der Waals surface area contributed by atoms with E-state index < -0.39 is 11.8 Å². The van der Waals surface area contributed by atoms with Crippen LogP contribution in [0.2, 0.25) is 0 Å². The maximum absolute atomic E-state index is 8.98. The Kier molecular flexibility index (Phi) is 2.15. The molecule has 2 aliphatic rings. The van der Waals surface area contributed by atoms with Crippen molar-refractivity contribution in [3.63, 3.8) is 0 Å². The number of fused-ring (bicyclic) bond motifs is 1. The second-order valence-corrected chi connectivity index (χ2v) is 3.89. The third-order valence-corrected chi connectivity index (χ3v) is 2.37. The van der Waals surface area contributed by atoms with Gasteiger partial charge >= 0.3 is 0 Å². The molecule has 2 rings (SSSR count). The number of aliphatic hydroxyl groups excluding tert-OH is 1. The van der Waals surface area contributed by atoms with Gasteiger partial charge in [-0.05, 0) is 13.8 Å². The molecular weight excluding hydrogens is 171 g/mol. The molecule has 0 aromatic heterocycles. The first-order valence-corrected chi connectivity index (χ1v) is 4.41. The molecule has 72 valence electrons. The summed E-state index contributed by atoms with van der Waals surface area (Å²) in [4.78, 5) is 0. The Morgan fingerprint density at radius 1 is 1.31 bits per heavy atom. The first-order chi connectivity index (χ1) is 6.03. The van der Waals surface area contributed by atoms with Crippen molar-refractivity contribution in [1.82, 2.24) is 0 Å². The summed E-state index contributed by atoms with van der Waals surface area (Å²) in [5.74, 6) is -0.621. The SMILES string of the molecule is [B]C1OC(CO)C2OC(C)(C)OC12. The lowest BCUT2D eigenvalue weighted by Gasteiger charge is -2.22. The van der Waals surface area contributed by atoms with Crippen molar-refractivity contribution in [2.24, 2.45) is 0 Å². The van der Waals surface area contributed by atoms with Gasteiger partial charge < -0.3 is 19.3 Å². The van der Waals surface area contributed by atoms with Crippen LogP contribution in [-0.2, 0) is 14.2 Å². The molecule has 0 bridgehead atoms. The van der Waals surface area contributed by atoms with Crippen LogP contribution in [-0.4, -0.2) is 49.7 Å². The second kappa shape index (κ2) is 2.95. The minimum absolute atomic E-state index is 0.0890. The standard InChI is InChI=1S/C8H13BO4/c1-8(2)12-5-4(3-10)11-7(9)6(5)13-8/h4-7,10H,3H2,1-2H3. The van der Waals surface area contributed by atoms with Gasteiger partial charge in [-0.25, -0.2) is 0 Å². The molecule has 5 heteroatoms. The second-order valence-electron chi connectivity index (χ2n) is 3.89. The zero-order valence-corrected chi connectivity index (χ0v) is 7.77. The number of aliphatic hydroxyl groups is 1. The Hall–Kier alpha value is -0.0951. The largest absolute Gasteiger partial charge is 0.394 e. The first-order valence-electron chi connectivity index (χ1n) is 4.41. The average Bonchev–Trinajstić information content (AvgIpc) is 2.47. The van der Waals surface area contributed by atoms with Crippen LogP contribution >= 0.6 is 0 Å². The van der Waals surface area contributed by atoms with Crippen molar-refractivity contribution >= 4 is 7.85 Å². The van der Waals surface area contributed by atoms with Crippen LogP contribution in [0.25, 0.3) is 0 Å². The molecule has 2 aliphatic heterocycles. The third-order valence-electron chi connectivity index (χ3n) is 2.37. The molecular formula is C8H13BO4. The van der Waals surface area contributed by atoms with Gasteiger partial charge in [0.15, 0.2) is 5.79 Å². The predicted octanol–water partition coefficient (Wildman–Crippen LogP) is -0.608. The molecule has 13 heavy (non-hydrogen) atoms. The third kappa shape index (κ3) is 1.50. The van der Waals surface area contributed by atoms with Crippen molar-refractivity contribution in [1.29, 1.82) is 0 Å². The van der Waals surface area contributed by atoms with Crippen molar-refractivity contribution in [2.75, 3.05) is 6.61 Å². The van der Waals surface area contributed by atoms with Gasteiger partial charge in [-0.1, -0.05) is 0 Å². The molecule has 1 N–H and O–H groups in total. The van der Waals surface area contributed by atoms with Crippen LogP contribution in [0, 0.1) is 0 Å². The summed E-state index contributed by atoms with van der Waals surface area (Å²) in [6.45, 7) is 3.56. The van der Waals surface area contributed by atoms with Gasteiger partial charge in [-0.2, -0.15) is 0 Å². The molecule has 0 aromatic carbocycles. The summed E-state index contributed by atoms with van der Waals surface area (Å²) in [5, 5.41) is 8.98. The van der Waals surface area contributed by atoms with Crippen molar-refractivity contribution < 1.29 is 19.3 Å². The van der Waals surface area contributed by atoms with E-state index in [4.69, 9.17) is 27.2 Å². The topological polar surface area (TPSA) is 47.9 Å². The number of rotatable bonds is 1. The van der Waals surface area contributed by atoms with Crippen LogP contribution in [0.3, 0.4) is 0 Å². The zero-order chi connectivity index (χ0) is 9.64. The van der Waals surface area contributed by atoms with Gasteiger partial charge in [0.2, 0.25) is 0 Å². The van der Waals surface area contributed by atoms with E-state index in [-0.39, 0.29) is 24.9 Å². The molecule has 0 aromatic rings. The molecule has 4 unspecified atom stereocenters. The fraction of sp³-hybridized carbons (Fsp3) is 1.00. The van der Waals surface area contributed by atoms with Crippen LogP contribution < -0.4 is 0 Å². The van der Waals surface area contributed by atoms with Crippen LogP contribution in [0.1, 0.15) is 13.8 Å². The van der Waals surface area contributed by atoms with E-state index in [2.05, 4.69) is 0 Å². The van der Waals surface area contributed by atoms with Crippen LogP contribution in [0.5, 0.6) is 0 Å². The molecule has 4 atom stereocenters. The fourth-order valence-electron chi connectivity index (χ4n) is 1.86. The molecule has 4 nitrogen and oxygen atoms in total. The summed E-state index contributed by atoms with van der Waals surface area (Å²) in [6, 6.07) is -0.496. The molecule has 2 heterocycles. The molecule has 2 radical (unpaired) electrons. The van der Waals surface area contributed by atoms with Crippen molar-refractivity contribution in [2.45, 2.75) is 43.9 Å². The van der Waals surface area contributed by atoms with E-state index in [9.17, 15) is 0 Å². The lowest BCUT2D eigenvalue weighted by atomic mass is 9.93. The Balaban J connectivity index is 2.12. The highest BCUT2D eigenvalue weighted by molar-refractivity contribution is 6.11. The van der Waals surface area contributed by atoms with E-state index >= 15 is 0 Å². The maximum atomic E-state index is 8.98. The molecule has 2 fully saturated rings. The van der Waals surface area contributed by atoms with Crippen LogP contribution in [0.4, 0.5) is 0 Å². The smallest absolute Gasteiger partial charge is 0.163 e. The fourth-order valence-corrected chi connectivity index (χ4v) is 1.86. The number of ether oxygens (including phenoxy) is 3. The lowest BCUT2D eigenvalue weighted by molar-refractivity contribution is -0.182. The quantitative estimate of drug-likeness (QED) is 0.552. The van der Waals surface area contributed by atoms with E-state index in [1.54, 1.807) is 0 Å². The lowest BCUT2D eigenvalue weighted by Crippen LogP contribution is -2.31. The molecule has 0 amide bonds. The summed E-state index contributed by atoms with van der Waals surface area (Å²) < 4.78 is 16.3. The summed E-state index contributed by atoms with van der Waals surface area (Å²) in [7, 11) is 5.67. The van der Waals surface area contributed by atoms with Crippen molar-refractivity contribution in [3.05, 3.63) is 0 Å². The van der Waals surface area contributed by atoms with Crippen LogP contribution in [0.15, 0.2) is 0 Å². The van der Waals surface area contributed by atoms with Gasteiger partial charge in [0.25, 0.3) is 0 Å². The summed E-state index contributed by atoms with van der Waals surface area (Å²) in [5.41, 5.74) is 0. The highest BCUT2D eigenvalue weighted by Crippen LogP contribution is 2.37. The Morgan fingerprint density at radius 3 is 2.54 bits per heavy atom. The maximum Gasteiger partial charge on any atom is 0.163 e. The Labute approximate surface area is 78.6 Å². The van der Waals surface area contributed by atoms with Gasteiger partial charge in [0.1, 0.15) is 26.2 Å². The van der Waals surface area contributed by atoms with E-state index in [1.807, 2.05) is 13.8 Å². The summed E-state index contributed by atoms with van der Waals surface area (Å²) in [6.07, 6.45) is -0.857. The minimum atomic E-state index is -0.621. The number of hydrogen-bond acceptors (Lipinski definition) is 4. The minimum Gasteiger partial charge on any atom is -0.394 e. The highest BCUT2D eigenvalue weighted by Gasteiger charge is 2.52. The first kappa shape index (κ1) is 9.46. The predicted molar refractivity (Wildman–Crippen MR) is 45.3 cm³/mol. The van der Waals surface area contributed by atoms with E-state index in [0.29, 0.717) is 0 Å². The van der Waals surface area contributed by atoms with E-state index in [1.165, 1.54) is 0 Å². The normalized spacial score (nSPS) is 47.9. The van der Waals surface area contributed by atoms with Gasteiger partial charge in [0, 0.05) is 6.00 Å². The Bertz CT molecular complexity index is 208. The molecule has 0 spiro atoms. The van der Waals surface area contributed by atoms with Gasteiger partial charge in [0.05, 0.1) is 6.61 Å². The number of hydrogen-bond donors (Lipinski definition) is 1. The Morgan fingerprint density at radius 2 is 1.92 bits per heavy atom. The molecule has 0 aliphatic carbocycles.